The minimum Gasteiger partial charge on any atom is -0.486 e. The third-order valence-electron chi connectivity index (χ3n) is 4.42. The van der Waals surface area contributed by atoms with E-state index in [0.29, 0.717) is 11.4 Å². The van der Waals surface area contributed by atoms with Gasteiger partial charge in [0, 0.05) is 5.69 Å². The van der Waals surface area contributed by atoms with E-state index in [1.54, 1.807) is 18.2 Å². The van der Waals surface area contributed by atoms with Crippen molar-refractivity contribution in [2.24, 2.45) is 0 Å². The standard InChI is InChI=1S/C23H20F2N2O3/c1-14-13-17(11-12-20(14)30-15(2)16-7-4-3-5-8-16)26-23(29)27-22(28)21-18(24)9-6-10-19(21)25/h3-13,15H,1-2H3,(H2,26,27,28,29). The van der Waals surface area contributed by atoms with Crippen molar-refractivity contribution < 1.29 is 23.1 Å². The van der Waals surface area contributed by atoms with Crippen molar-refractivity contribution >= 4 is 17.6 Å². The number of ether oxygens (including phenoxy) is 1. The lowest BCUT2D eigenvalue weighted by atomic mass is 10.1. The molecule has 0 aliphatic heterocycles. The highest BCUT2D eigenvalue weighted by Crippen LogP contribution is 2.27. The molecule has 1 unspecified atom stereocenters. The molecule has 3 amide bonds. The first-order chi connectivity index (χ1) is 14.3. The summed E-state index contributed by atoms with van der Waals surface area (Å²) in [6.07, 6.45) is -0.166. The largest absolute Gasteiger partial charge is 0.486 e. The Balaban J connectivity index is 1.64. The molecule has 0 saturated heterocycles. The highest BCUT2D eigenvalue weighted by Gasteiger charge is 2.19. The molecule has 2 N–H and O–H groups in total. The summed E-state index contributed by atoms with van der Waals surface area (Å²) in [5.41, 5.74) is 1.37. The predicted molar refractivity (Wildman–Crippen MR) is 110 cm³/mol. The minimum atomic E-state index is -1.17. The lowest BCUT2D eigenvalue weighted by Gasteiger charge is -2.17. The van der Waals surface area contributed by atoms with Crippen LogP contribution in [0, 0.1) is 18.6 Å². The highest BCUT2D eigenvalue weighted by molar-refractivity contribution is 6.08. The number of benzene rings is 3. The number of anilines is 1. The molecule has 0 aliphatic rings. The minimum absolute atomic E-state index is 0.166. The maximum Gasteiger partial charge on any atom is 0.326 e. The Hall–Kier alpha value is -3.74. The Kier molecular flexibility index (Phi) is 6.41. The van der Waals surface area contributed by atoms with Crippen LogP contribution in [-0.2, 0) is 0 Å². The van der Waals surface area contributed by atoms with E-state index in [2.05, 4.69) is 5.32 Å². The number of urea groups is 1. The van der Waals surface area contributed by atoms with Crippen molar-refractivity contribution in [1.82, 2.24) is 5.32 Å². The summed E-state index contributed by atoms with van der Waals surface area (Å²) in [6, 6.07) is 16.8. The van der Waals surface area contributed by atoms with Crippen LogP contribution in [0.15, 0.2) is 66.7 Å². The molecule has 3 aromatic carbocycles. The van der Waals surface area contributed by atoms with Crippen LogP contribution in [0.1, 0.15) is 34.5 Å². The molecule has 1 atom stereocenters. The average Bonchev–Trinajstić information content (AvgIpc) is 2.70. The zero-order valence-corrected chi connectivity index (χ0v) is 16.4. The molecule has 0 aliphatic carbocycles. The Morgan fingerprint density at radius 1 is 0.933 bits per heavy atom. The van der Waals surface area contributed by atoms with Gasteiger partial charge < -0.3 is 10.1 Å². The van der Waals surface area contributed by atoms with Gasteiger partial charge in [0.15, 0.2) is 0 Å². The molecule has 0 spiro atoms. The van der Waals surface area contributed by atoms with Crippen LogP contribution in [0.25, 0.3) is 0 Å². The number of nitrogens with one attached hydrogen (secondary N) is 2. The normalized spacial score (nSPS) is 11.5. The molecule has 0 saturated carbocycles. The van der Waals surface area contributed by atoms with Crippen LogP contribution in [-0.4, -0.2) is 11.9 Å². The molecule has 3 aromatic rings. The molecule has 0 heterocycles. The van der Waals surface area contributed by atoms with Crippen molar-refractivity contribution in [3.63, 3.8) is 0 Å². The van der Waals surface area contributed by atoms with Crippen molar-refractivity contribution in [1.29, 1.82) is 0 Å². The van der Waals surface area contributed by atoms with Gasteiger partial charge in [-0.1, -0.05) is 36.4 Å². The number of hydrogen-bond acceptors (Lipinski definition) is 3. The second kappa shape index (κ2) is 9.17. The SMILES string of the molecule is Cc1cc(NC(=O)NC(=O)c2c(F)cccc2F)ccc1OC(C)c1ccccc1. The summed E-state index contributed by atoms with van der Waals surface area (Å²) in [5.74, 6) is -2.63. The van der Waals surface area contributed by atoms with Gasteiger partial charge in [-0.2, -0.15) is 0 Å². The van der Waals surface area contributed by atoms with Crippen LogP contribution in [0.3, 0.4) is 0 Å². The van der Waals surface area contributed by atoms with Gasteiger partial charge in [0.05, 0.1) is 0 Å². The van der Waals surface area contributed by atoms with E-state index in [1.807, 2.05) is 49.5 Å². The third kappa shape index (κ3) is 5.00. The molecular formula is C23H20F2N2O3. The summed E-state index contributed by atoms with van der Waals surface area (Å²) < 4.78 is 33.3. The van der Waals surface area contributed by atoms with E-state index in [-0.39, 0.29) is 6.10 Å². The molecule has 0 aromatic heterocycles. The predicted octanol–water partition coefficient (Wildman–Crippen LogP) is 5.38. The van der Waals surface area contributed by atoms with Crippen LogP contribution in [0.4, 0.5) is 19.3 Å². The topological polar surface area (TPSA) is 67.4 Å². The van der Waals surface area contributed by atoms with Crippen LogP contribution in [0.5, 0.6) is 5.75 Å². The maximum atomic E-state index is 13.7. The number of carbonyl (C=O) groups excluding carboxylic acids is 2. The lowest BCUT2D eigenvalue weighted by molar-refractivity contribution is 0.0959. The van der Waals surface area contributed by atoms with Crippen molar-refractivity contribution in [3.05, 3.63) is 95.1 Å². The monoisotopic (exact) mass is 410 g/mol. The first kappa shape index (κ1) is 21.0. The van der Waals surface area contributed by atoms with Crippen molar-refractivity contribution in [2.75, 3.05) is 5.32 Å². The molecule has 30 heavy (non-hydrogen) atoms. The summed E-state index contributed by atoms with van der Waals surface area (Å²) in [7, 11) is 0. The Morgan fingerprint density at radius 2 is 1.60 bits per heavy atom. The van der Waals surface area contributed by atoms with Crippen molar-refractivity contribution in [3.8, 4) is 5.75 Å². The number of halogens is 2. The number of carbonyl (C=O) groups is 2. The van der Waals surface area contributed by atoms with E-state index in [0.717, 1.165) is 29.3 Å². The second-order valence-corrected chi connectivity index (χ2v) is 6.66. The highest BCUT2D eigenvalue weighted by atomic mass is 19.1. The average molecular weight is 410 g/mol. The number of amides is 3. The zero-order valence-electron chi connectivity index (χ0n) is 16.4. The number of hydrogen-bond donors (Lipinski definition) is 2. The fraction of sp³-hybridized carbons (Fsp3) is 0.130. The molecule has 3 rings (SSSR count). The van der Waals surface area contributed by atoms with E-state index in [4.69, 9.17) is 4.74 Å². The first-order valence-electron chi connectivity index (χ1n) is 9.23. The molecule has 7 heteroatoms. The number of imide groups is 1. The molecule has 5 nitrogen and oxygen atoms in total. The molecule has 154 valence electrons. The summed E-state index contributed by atoms with van der Waals surface area (Å²) in [4.78, 5) is 24.1. The molecule has 0 fully saturated rings. The Labute approximate surface area is 172 Å². The quantitative estimate of drug-likeness (QED) is 0.594. The fourth-order valence-electron chi connectivity index (χ4n) is 2.88. The molecule has 0 radical (unpaired) electrons. The second-order valence-electron chi connectivity index (χ2n) is 6.66. The Bertz CT molecular complexity index is 1050. The van der Waals surface area contributed by atoms with Gasteiger partial charge >= 0.3 is 6.03 Å². The fourth-order valence-corrected chi connectivity index (χ4v) is 2.88. The van der Waals surface area contributed by atoms with Gasteiger partial charge in [0.1, 0.15) is 29.1 Å². The third-order valence-corrected chi connectivity index (χ3v) is 4.42. The number of rotatable bonds is 5. The maximum absolute atomic E-state index is 13.7. The molecule has 0 bridgehead atoms. The molecular weight excluding hydrogens is 390 g/mol. The Morgan fingerprint density at radius 3 is 2.23 bits per heavy atom. The van der Waals surface area contributed by atoms with Crippen LogP contribution < -0.4 is 15.4 Å². The lowest BCUT2D eigenvalue weighted by Crippen LogP contribution is -2.35. The van der Waals surface area contributed by atoms with E-state index < -0.39 is 29.1 Å². The van der Waals surface area contributed by atoms with Gasteiger partial charge in [-0.25, -0.2) is 13.6 Å². The van der Waals surface area contributed by atoms with Crippen molar-refractivity contribution in [2.45, 2.75) is 20.0 Å². The van der Waals surface area contributed by atoms with E-state index in [9.17, 15) is 18.4 Å². The van der Waals surface area contributed by atoms with Gasteiger partial charge in [-0.05, 0) is 55.3 Å². The van der Waals surface area contributed by atoms with E-state index in [1.165, 1.54) is 0 Å². The van der Waals surface area contributed by atoms with Gasteiger partial charge in [-0.15, -0.1) is 0 Å². The zero-order chi connectivity index (χ0) is 21.7. The van der Waals surface area contributed by atoms with Gasteiger partial charge in [0.25, 0.3) is 5.91 Å². The number of aryl methyl sites for hydroxylation is 1. The van der Waals surface area contributed by atoms with Crippen LogP contribution >= 0.6 is 0 Å². The smallest absolute Gasteiger partial charge is 0.326 e. The van der Waals surface area contributed by atoms with Gasteiger partial charge in [0.2, 0.25) is 0 Å². The van der Waals surface area contributed by atoms with E-state index >= 15 is 0 Å². The van der Waals surface area contributed by atoms with Gasteiger partial charge in [-0.3, -0.25) is 10.1 Å². The summed E-state index contributed by atoms with van der Waals surface area (Å²) in [5, 5.41) is 4.38. The van der Waals surface area contributed by atoms with Crippen LogP contribution in [0.2, 0.25) is 0 Å². The summed E-state index contributed by atoms with van der Waals surface area (Å²) in [6.45, 7) is 3.75. The first-order valence-corrected chi connectivity index (χ1v) is 9.23. The summed E-state index contributed by atoms with van der Waals surface area (Å²) >= 11 is 0.